The van der Waals surface area contributed by atoms with Gasteiger partial charge in [0, 0.05) is 24.0 Å². The molecule has 26 heavy (non-hydrogen) atoms. The Hall–Kier alpha value is -3.54. The van der Waals surface area contributed by atoms with Gasteiger partial charge in [-0.1, -0.05) is 18.2 Å². The second kappa shape index (κ2) is 6.40. The number of hydrogen-bond acceptors (Lipinski definition) is 3. The molecule has 0 atom stereocenters. The number of pyridine rings is 1. The van der Waals surface area contributed by atoms with Crippen LogP contribution in [0.4, 0.5) is 4.39 Å². The van der Waals surface area contributed by atoms with Crippen LogP contribution in [0.3, 0.4) is 0 Å². The van der Waals surface area contributed by atoms with Crippen LogP contribution in [0.1, 0.15) is 5.56 Å². The summed E-state index contributed by atoms with van der Waals surface area (Å²) in [4.78, 5) is 15.4. The lowest BCUT2D eigenvalue weighted by atomic mass is 10.1. The molecule has 2 heterocycles. The number of primary amides is 1. The summed E-state index contributed by atoms with van der Waals surface area (Å²) >= 11 is 0. The summed E-state index contributed by atoms with van der Waals surface area (Å²) in [6.45, 7) is 0. The van der Waals surface area contributed by atoms with Crippen LogP contribution in [0.2, 0.25) is 0 Å². The van der Waals surface area contributed by atoms with E-state index in [2.05, 4.69) is 10.1 Å². The summed E-state index contributed by atoms with van der Waals surface area (Å²) in [7, 11) is 0. The topological polar surface area (TPSA) is 73.8 Å². The van der Waals surface area contributed by atoms with Gasteiger partial charge in [0.05, 0.1) is 17.6 Å². The first-order valence-electron chi connectivity index (χ1n) is 8.07. The fraction of sp³-hybridized carbons (Fsp3) is 0.0500. The number of carbonyl (C=O) groups excluding carboxylic acids is 1. The highest BCUT2D eigenvalue weighted by Crippen LogP contribution is 2.24. The van der Waals surface area contributed by atoms with Crippen LogP contribution in [0.15, 0.2) is 67.1 Å². The fourth-order valence-corrected chi connectivity index (χ4v) is 2.96. The van der Waals surface area contributed by atoms with E-state index in [-0.39, 0.29) is 6.42 Å². The van der Waals surface area contributed by atoms with Gasteiger partial charge in [-0.3, -0.25) is 9.78 Å². The summed E-state index contributed by atoms with van der Waals surface area (Å²) in [6, 6.07) is 14.4. The number of amides is 1. The van der Waals surface area contributed by atoms with Gasteiger partial charge in [-0.2, -0.15) is 5.10 Å². The van der Waals surface area contributed by atoms with Crippen molar-refractivity contribution in [3.8, 4) is 16.8 Å². The Labute approximate surface area is 148 Å². The largest absolute Gasteiger partial charge is 0.369 e. The second-order valence-corrected chi connectivity index (χ2v) is 6.01. The van der Waals surface area contributed by atoms with Gasteiger partial charge in [-0.05, 0) is 47.0 Å². The van der Waals surface area contributed by atoms with Gasteiger partial charge >= 0.3 is 0 Å². The minimum Gasteiger partial charge on any atom is -0.369 e. The zero-order valence-corrected chi connectivity index (χ0v) is 13.8. The fourth-order valence-electron chi connectivity index (χ4n) is 2.96. The molecule has 2 N–H and O–H groups in total. The monoisotopic (exact) mass is 346 g/mol. The highest BCUT2D eigenvalue weighted by atomic mass is 19.1. The SMILES string of the molecule is NC(=O)Cc1cc(F)cc2cn(-c3ccc(-c4cccnc4)cc3)nc12. The van der Waals surface area contributed by atoms with Crippen LogP contribution < -0.4 is 5.73 Å². The lowest BCUT2D eigenvalue weighted by Crippen LogP contribution is -2.14. The van der Waals surface area contributed by atoms with Crippen molar-refractivity contribution < 1.29 is 9.18 Å². The highest BCUT2D eigenvalue weighted by Gasteiger charge is 2.12. The molecule has 128 valence electrons. The molecular formula is C20H15FN4O. The van der Waals surface area contributed by atoms with Crippen LogP contribution in [-0.2, 0) is 11.2 Å². The predicted octanol–water partition coefficient (Wildman–Crippen LogP) is 3.25. The number of rotatable bonds is 4. The molecule has 6 heteroatoms. The van der Waals surface area contributed by atoms with E-state index in [1.165, 1.54) is 12.1 Å². The van der Waals surface area contributed by atoms with E-state index in [0.29, 0.717) is 16.5 Å². The van der Waals surface area contributed by atoms with Crippen LogP contribution in [0.5, 0.6) is 0 Å². The molecule has 0 bridgehead atoms. The van der Waals surface area contributed by atoms with E-state index in [4.69, 9.17) is 5.73 Å². The van der Waals surface area contributed by atoms with Gasteiger partial charge in [0.15, 0.2) is 0 Å². The standard InChI is InChI=1S/C20H15FN4O/c21-17-8-15(10-19(22)26)20-16(9-17)12-25(24-20)18-5-3-13(4-6-18)14-2-1-7-23-11-14/h1-9,11-12H,10H2,(H2,22,26). The molecule has 2 aromatic heterocycles. The Morgan fingerprint density at radius 1 is 1.12 bits per heavy atom. The first-order valence-corrected chi connectivity index (χ1v) is 8.07. The third-order valence-corrected chi connectivity index (χ3v) is 4.14. The predicted molar refractivity (Wildman–Crippen MR) is 97.2 cm³/mol. The maximum absolute atomic E-state index is 13.8. The number of benzene rings is 2. The number of nitrogens with zero attached hydrogens (tertiary/aromatic N) is 3. The molecule has 0 aliphatic carbocycles. The maximum atomic E-state index is 13.8. The molecule has 4 rings (SSSR count). The molecule has 0 unspecified atom stereocenters. The Morgan fingerprint density at radius 2 is 1.92 bits per heavy atom. The molecule has 0 fully saturated rings. The quantitative estimate of drug-likeness (QED) is 0.616. The first kappa shape index (κ1) is 16.0. The van der Waals surface area contributed by atoms with Crippen LogP contribution in [0, 0.1) is 5.82 Å². The van der Waals surface area contributed by atoms with Crippen molar-refractivity contribution in [3.05, 3.63) is 78.5 Å². The van der Waals surface area contributed by atoms with Crippen molar-refractivity contribution in [2.45, 2.75) is 6.42 Å². The maximum Gasteiger partial charge on any atom is 0.221 e. The van der Waals surface area contributed by atoms with E-state index in [0.717, 1.165) is 16.8 Å². The van der Waals surface area contributed by atoms with Gasteiger partial charge < -0.3 is 5.73 Å². The van der Waals surface area contributed by atoms with Crippen molar-refractivity contribution in [3.63, 3.8) is 0 Å². The third-order valence-electron chi connectivity index (χ3n) is 4.14. The molecule has 0 spiro atoms. The Kier molecular flexibility index (Phi) is 3.93. The average molecular weight is 346 g/mol. The Balaban J connectivity index is 1.74. The van der Waals surface area contributed by atoms with Gasteiger partial charge in [0.25, 0.3) is 0 Å². The smallest absolute Gasteiger partial charge is 0.221 e. The minimum absolute atomic E-state index is 0.0504. The average Bonchev–Trinajstić information content (AvgIpc) is 3.06. The molecule has 0 aliphatic rings. The second-order valence-electron chi connectivity index (χ2n) is 6.01. The molecule has 2 aromatic carbocycles. The van der Waals surface area contributed by atoms with Crippen molar-refractivity contribution in [2.24, 2.45) is 5.73 Å². The van der Waals surface area contributed by atoms with Crippen molar-refractivity contribution in [1.82, 2.24) is 14.8 Å². The van der Waals surface area contributed by atoms with Crippen molar-refractivity contribution in [1.29, 1.82) is 0 Å². The lowest BCUT2D eigenvalue weighted by molar-refractivity contribution is -0.117. The van der Waals surface area contributed by atoms with E-state index in [9.17, 15) is 9.18 Å². The van der Waals surface area contributed by atoms with E-state index < -0.39 is 11.7 Å². The van der Waals surface area contributed by atoms with Crippen LogP contribution in [-0.4, -0.2) is 20.7 Å². The molecule has 0 radical (unpaired) electrons. The summed E-state index contributed by atoms with van der Waals surface area (Å²) in [6.07, 6.45) is 5.22. The lowest BCUT2D eigenvalue weighted by Gasteiger charge is -2.04. The van der Waals surface area contributed by atoms with Crippen molar-refractivity contribution >= 4 is 16.8 Å². The Bertz CT molecular complexity index is 1090. The zero-order chi connectivity index (χ0) is 18.1. The molecule has 4 aromatic rings. The van der Waals surface area contributed by atoms with Gasteiger partial charge in [0.2, 0.25) is 5.91 Å². The molecular weight excluding hydrogens is 331 g/mol. The van der Waals surface area contributed by atoms with E-state index in [1.807, 2.05) is 36.4 Å². The number of carbonyl (C=O) groups is 1. The van der Waals surface area contributed by atoms with E-state index >= 15 is 0 Å². The molecule has 1 amide bonds. The first-order chi connectivity index (χ1) is 12.6. The third kappa shape index (κ3) is 3.04. The summed E-state index contributed by atoms with van der Waals surface area (Å²) in [5.41, 5.74) is 9.21. The molecule has 5 nitrogen and oxygen atoms in total. The summed E-state index contributed by atoms with van der Waals surface area (Å²) < 4.78 is 15.5. The van der Waals surface area contributed by atoms with Gasteiger partial charge in [-0.15, -0.1) is 0 Å². The number of nitrogens with two attached hydrogens (primary N) is 1. The number of hydrogen-bond donors (Lipinski definition) is 1. The normalized spacial score (nSPS) is 11.0. The number of fused-ring (bicyclic) bond motifs is 1. The van der Waals surface area contributed by atoms with Crippen LogP contribution in [0.25, 0.3) is 27.7 Å². The van der Waals surface area contributed by atoms with E-state index in [1.54, 1.807) is 23.3 Å². The molecule has 0 saturated heterocycles. The highest BCUT2D eigenvalue weighted by molar-refractivity contribution is 5.87. The summed E-state index contributed by atoms with van der Waals surface area (Å²) in [5, 5.41) is 5.13. The molecule has 0 aliphatic heterocycles. The zero-order valence-electron chi connectivity index (χ0n) is 13.8. The Morgan fingerprint density at radius 3 is 2.62 bits per heavy atom. The molecule has 0 saturated carbocycles. The van der Waals surface area contributed by atoms with Gasteiger partial charge in [-0.25, -0.2) is 9.07 Å². The number of aromatic nitrogens is 3. The summed E-state index contributed by atoms with van der Waals surface area (Å²) in [5.74, 6) is -0.938. The van der Waals surface area contributed by atoms with Gasteiger partial charge in [0.1, 0.15) is 5.82 Å². The van der Waals surface area contributed by atoms with Crippen LogP contribution >= 0.6 is 0 Å². The van der Waals surface area contributed by atoms with Crippen molar-refractivity contribution in [2.75, 3.05) is 0 Å². The minimum atomic E-state index is -0.521. The number of halogens is 1.